The molecule has 0 spiro atoms. The third-order valence-corrected chi connectivity index (χ3v) is 3.61. The highest BCUT2D eigenvalue weighted by atomic mass is 35.5. The van der Waals surface area contributed by atoms with Gasteiger partial charge in [0.1, 0.15) is 11.3 Å². The number of aryl methyl sites for hydroxylation is 1. The monoisotopic (exact) mass is 295 g/mol. The summed E-state index contributed by atoms with van der Waals surface area (Å²) in [7, 11) is 1.63. The molecule has 1 heterocycles. The maximum atomic E-state index is 6.49. The number of allylic oxidation sites excluding steroid dienone is 2. The fourth-order valence-corrected chi connectivity index (χ4v) is 2.46. The van der Waals surface area contributed by atoms with Crippen molar-refractivity contribution in [3.05, 3.63) is 45.6 Å². The Morgan fingerprint density at radius 1 is 1.42 bits per heavy atom. The lowest BCUT2D eigenvalue weighted by atomic mass is 10.1. The maximum Gasteiger partial charge on any atom is 0.145 e. The summed E-state index contributed by atoms with van der Waals surface area (Å²) in [4.78, 5) is 4.60. The Morgan fingerprint density at radius 2 is 2.16 bits per heavy atom. The van der Waals surface area contributed by atoms with E-state index in [1.165, 1.54) is 0 Å². The molecule has 0 aliphatic carbocycles. The van der Waals surface area contributed by atoms with Crippen LogP contribution in [0.1, 0.15) is 18.2 Å². The molecule has 0 aliphatic rings. The number of benzene rings is 1. The summed E-state index contributed by atoms with van der Waals surface area (Å²) in [5.74, 6) is 0.734. The average Bonchev–Trinajstić information content (AvgIpc) is 2.37. The second-order valence-corrected chi connectivity index (χ2v) is 5.32. The highest BCUT2D eigenvalue weighted by Crippen LogP contribution is 2.33. The van der Waals surface area contributed by atoms with Gasteiger partial charge in [-0.1, -0.05) is 41.4 Å². The van der Waals surface area contributed by atoms with Crippen molar-refractivity contribution < 1.29 is 4.74 Å². The summed E-state index contributed by atoms with van der Waals surface area (Å²) < 4.78 is 5.32. The van der Waals surface area contributed by atoms with Gasteiger partial charge in [0.05, 0.1) is 12.1 Å². The molecule has 0 amide bonds. The van der Waals surface area contributed by atoms with E-state index in [0.29, 0.717) is 6.42 Å². The van der Waals surface area contributed by atoms with Crippen molar-refractivity contribution in [3.63, 3.8) is 0 Å². The topological polar surface area (TPSA) is 22.1 Å². The van der Waals surface area contributed by atoms with Crippen LogP contribution in [0.5, 0.6) is 5.75 Å². The first-order valence-corrected chi connectivity index (χ1v) is 6.74. The zero-order valence-corrected chi connectivity index (χ0v) is 12.6. The highest BCUT2D eigenvalue weighted by molar-refractivity contribution is 6.36. The summed E-state index contributed by atoms with van der Waals surface area (Å²) >= 11 is 12.4. The van der Waals surface area contributed by atoms with Crippen molar-refractivity contribution in [2.75, 3.05) is 7.11 Å². The van der Waals surface area contributed by atoms with Gasteiger partial charge in [-0.05, 0) is 31.9 Å². The Hall–Kier alpha value is -1.25. The molecule has 0 atom stereocenters. The van der Waals surface area contributed by atoms with E-state index in [9.17, 15) is 0 Å². The Bertz CT molecular complexity index is 646. The maximum absolute atomic E-state index is 6.49. The van der Waals surface area contributed by atoms with Crippen molar-refractivity contribution in [1.29, 1.82) is 0 Å². The van der Waals surface area contributed by atoms with Crippen molar-refractivity contribution in [1.82, 2.24) is 4.98 Å². The SMILES string of the molecule is COc1cccc2c(Cl)c(C/C=C(/C)Cl)c(C)nc12. The molecular weight excluding hydrogens is 281 g/mol. The zero-order valence-electron chi connectivity index (χ0n) is 11.1. The summed E-state index contributed by atoms with van der Waals surface area (Å²) in [6, 6.07) is 5.75. The number of halogens is 2. The number of hydrogen-bond donors (Lipinski definition) is 0. The Kier molecular flexibility index (Phi) is 4.33. The molecule has 0 fully saturated rings. The van der Waals surface area contributed by atoms with Gasteiger partial charge in [0.2, 0.25) is 0 Å². The molecule has 0 aliphatic heterocycles. The number of pyridine rings is 1. The Balaban J connectivity index is 2.66. The molecule has 2 rings (SSSR count). The number of nitrogens with zero attached hydrogens (tertiary/aromatic N) is 1. The Labute approximate surface area is 123 Å². The smallest absolute Gasteiger partial charge is 0.145 e. The molecule has 0 saturated heterocycles. The molecule has 0 N–H and O–H groups in total. The van der Waals surface area contributed by atoms with Gasteiger partial charge in [0, 0.05) is 16.1 Å². The van der Waals surface area contributed by atoms with Gasteiger partial charge in [0.15, 0.2) is 0 Å². The fourth-order valence-electron chi connectivity index (χ4n) is 2.02. The third kappa shape index (κ3) is 2.85. The van der Waals surface area contributed by atoms with E-state index in [4.69, 9.17) is 27.9 Å². The molecule has 0 bridgehead atoms. The number of rotatable bonds is 3. The predicted octanol–water partition coefficient (Wildman–Crippen LogP) is 4.89. The zero-order chi connectivity index (χ0) is 14.0. The first-order chi connectivity index (χ1) is 9.04. The minimum Gasteiger partial charge on any atom is -0.494 e. The second kappa shape index (κ2) is 5.81. The molecule has 1 aromatic heterocycles. The highest BCUT2D eigenvalue weighted by Gasteiger charge is 2.12. The van der Waals surface area contributed by atoms with Crippen LogP contribution in [0.25, 0.3) is 10.9 Å². The largest absolute Gasteiger partial charge is 0.494 e. The Morgan fingerprint density at radius 3 is 2.79 bits per heavy atom. The molecular formula is C15H15Cl2NO. The molecule has 2 aromatic rings. The normalized spacial score (nSPS) is 11.9. The molecule has 0 unspecified atom stereocenters. The third-order valence-electron chi connectivity index (χ3n) is 3.02. The van der Waals surface area contributed by atoms with Gasteiger partial charge < -0.3 is 4.74 Å². The van der Waals surface area contributed by atoms with Crippen LogP contribution in [0.4, 0.5) is 0 Å². The standard InChI is InChI=1S/C15H15Cl2NO/c1-9(16)7-8-11-10(2)18-15-12(14(11)17)5-4-6-13(15)19-3/h4-7H,8H2,1-3H3/b9-7-. The van der Waals surface area contributed by atoms with Crippen molar-refractivity contribution in [2.24, 2.45) is 0 Å². The average molecular weight is 296 g/mol. The molecule has 19 heavy (non-hydrogen) atoms. The number of aromatic nitrogens is 1. The van der Waals surface area contributed by atoms with E-state index in [-0.39, 0.29) is 0 Å². The van der Waals surface area contributed by atoms with E-state index >= 15 is 0 Å². The van der Waals surface area contributed by atoms with Gasteiger partial charge in [0.25, 0.3) is 0 Å². The van der Waals surface area contributed by atoms with E-state index in [1.54, 1.807) is 7.11 Å². The van der Waals surface area contributed by atoms with Crippen LogP contribution in [0, 0.1) is 6.92 Å². The quantitative estimate of drug-likeness (QED) is 0.804. The first kappa shape index (κ1) is 14.2. The van der Waals surface area contributed by atoms with Crippen LogP contribution >= 0.6 is 23.2 Å². The summed E-state index contributed by atoms with van der Waals surface area (Å²) in [5, 5.41) is 2.37. The van der Waals surface area contributed by atoms with Gasteiger partial charge in [-0.2, -0.15) is 0 Å². The number of fused-ring (bicyclic) bond motifs is 1. The molecule has 1 aromatic carbocycles. The summed E-state index contributed by atoms with van der Waals surface area (Å²) in [5.41, 5.74) is 2.70. The van der Waals surface area contributed by atoms with E-state index in [0.717, 1.165) is 38.0 Å². The summed E-state index contributed by atoms with van der Waals surface area (Å²) in [6.07, 6.45) is 2.61. The lowest BCUT2D eigenvalue weighted by molar-refractivity contribution is 0.419. The van der Waals surface area contributed by atoms with Crippen molar-refractivity contribution >= 4 is 34.1 Å². The summed E-state index contributed by atoms with van der Waals surface area (Å²) in [6.45, 7) is 3.80. The number of methoxy groups -OCH3 is 1. The second-order valence-electron chi connectivity index (χ2n) is 4.34. The van der Waals surface area contributed by atoms with E-state index < -0.39 is 0 Å². The minimum atomic E-state index is 0.681. The van der Waals surface area contributed by atoms with Crippen LogP contribution < -0.4 is 4.74 Å². The van der Waals surface area contributed by atoms with Crippen LogP contribution in [-0.2, 0) is 6.42 Å². The van der Waals surface area contributed by atoms with Gasteiger partial charge in [-0.3, -0.25) is 0 Å². The number of ether oxygens (including phenoxy) is 1. The molecule has 0 saturated carbocycles. The van der Waals surface area contributed by atoms with Crippen LogP contribution in [0.2, 0.25) is 5.02 Å². The fraction of sp³-hybridized carbons (Fsp3) is 0.267. The molecule has 0 radical (unpaired) electrons. The lowest BCUT2D eigenvalue weighted by Crippen LogP contribution is -1.97. The van der Waals surface area contributed by atoms with Gasteiger partial charge in [-0.15, -0.1) is 0 Å². The molecule has 100 valence electrons. The predicted molar refractivity (Wildman–Crippen MR) is 81.4 cm³/mol. The lowest BCUT2D eigenvalue weighted by Gasteiger charge is -2.11. The van der Waals surface area contributed by atoms with Crippen LogP contribution in [0.3, 0.4) is 0 Å². The number of para-hydroxylation sites is 1. The van der Waals surface area contributed by atoms with E-state index in [1.807, 2.05) is 38.1 Å². The molecule has 4 heteroatoms. The first-order valence-electron chi connectivity index (χ1n) is 5.98. The van der Waals surface area contributed by atoms with Crippen molar-refractivity contribution in [3.8, 4) is 5.75 Å². The molecule has 2 nitrogen and oxygen atoms in total. The number of hydrogen-bond acceptors (Lipinski definition) is 2. The van der Waals surface area contributed by atoms with Crippen LogP contribution in [-0.4, -0.2) is 12.1 Å². The van der Waals surface area contributed by atoms with Gasteiger partial charge >= 0.3 is 0 Å². The van der Waals surface area contributed by atoms with E-state index in [2.05, 4.69) is 4.98 Å². The van der Waals surface area contributed by atoms with Gasteiger partial charge in [-0.25, -0.2) is 4.98 Å². The van der Waals surface area contributed by atoms with Crippen LogP contribution in [0.15, 0.2) is 29.3 Å². The minimum absolute atomic E-state index is 0.681. The van der Waals surface area contributed by atoms with Crippen molar-refractivity contribution in [2.45, 2.75) is 20.3 Å².